The monoisotopic (exact) mass is 680 g/mol. The number of aryl methyl sites for hydroxylation is 1. The van der Waals surface area contributed by atoms with E-state index in [0.29, 0.717) is 19.4 Å². The van der Waals surface area contributed by atoms with Crippen LogP contribution < -0.4 is 10.2 Å². The van der Waals surface area contributed by atoms with Gasteiger partial charge in [-0.15, -0.1) is 0 Å². The molecule has 0 saturated heterocycles. The lowest BCUT2D eigenvalue weighted by molar-refractivity contribution is -0.140. The summed E-state index contributed by atoms with van der Waals surface area (Å²) < 4.78 is 17.0. The normalized spacial score (nSPS) is 15.3. The van der Waals surface area contributed by atoms with Crippen molar-refractivity contribution in [2.75, 3.05) is 37.5 Å². The number of aromatic amines is 1. The fourth-order valence-electron chi connectivity index (χ4n) is 5.76. The van der Waals surface area contributed by atoms with Crippen molar-refractivity contribution in [2.45, 2.75) is 52.1 Å². The number of nitrogens with zero attached hydrogens (tertiary/aromatic N) is 4. The smallest absolute Gasteiger partial charge is 0.414 e. The molecule has 2 aromatic carbocycles. The van der Waals surface area contributed by atoms with Crippen molar-refractivity contribution < 1.29 is 28.6 Å². The molecule has 2 aliphatic rings. The fourth-order valence-corrected chi connectivity index (χ4v) is 5.76. The largest absolute Gasteiger partial charge is 0.469 e. The van der Waals surface area contributed by atoms with Gasteiger partial charge in [-0.1, -0.05) is 12.1 Å². The van der Waals surface area contributed by atoms with Crippen LogP contribution in [0.15, 0.2) is 61.4 Å². The highest BCUT2D eigenvalue weighted by Gasteiger charge is 2.29. The molecule has 0 atom stereocenters. The highest BCUT2D eigenvalue weighted by molar-refractivity contribution is 5.98. The molecule has 0 radical (unpaired) electrons. The fraction of sp³-hybridized carbons (Fsp3) is 0.342. The molecule has 262 valence electrons. The number of esters is 2. The number of methoxy groups -OCH3 is 2. The lowest BCUT2D eigenvalue weighted by Crippen LogP contribution is -2.39. The molecule has 50 heavy (non-hydrogen) atoms. The van der Waals surface area contributed by atoms with E-state index in [-0.39, 0.29) is 24.5 Å². The molecule has 2 aliphatic heterocycles. The number of nitrogens with one attached hydrogen (secondary N) is 2. The SMILES string of the molecule is COC(=O)Cc1ccc2c(c1)/C(=C/c1cn(C)cn1)CCN2C(=O)OC(C)(C)C.COC(=O)Cc1ccc2c(c1)/C(=C/c1cnc[nH]1)CCN2. The molecule has 0 aliphatic carbocycles. The first-order chi connectivity index (χ1) is 23.9. The molecule has 0 bridgehead atoms. The molecule has 12 nitrogen and oxygen atoms in total. The summed E-state index contributed by atoms with van der Waals surface area (Å²) in [5, 5.41) is 3.38. The van der Waals surface area contributed by atoms with Crippen LogP contribution in [0.5, 0.6) is 0 Å². The third-order valence-electron chi connectivity index (χ3n) is 8.10. The zero-order valence-corrected chi connectivity index (χ0v) is 29.4. The average molecular weight is 681 g/mol. The summed E-state index contributed by atoms with van der Waals surface area (Å²) in [5.74, 6) is -0.530. The number of imidazole rings is 2. The topological polar surface area (TPSA) is 141 Å². The summed E-state index contributed by atoms with van der Waals surface area (Å²) in [6, 6.07) is 11.7. The molecule has 4 aromatic rings. The minimum absolute atomic E-state index is 0.174. The van der Waals surface area contributed by atoms with Crippen LogP contribution in [0, 0.1) is 0 Å². The third-order valence-corrected chi connectivity index (χ3v) is 8.10. The molecule has 1 amide bonds. The summed E-state index contributed by atoms with van der Waals surface area (Å²) in [7, 11) is 4.70. The van der Waals surface area contributed by atoms with Crippen LogP contribution in [-0.2, 0) is 43.7 Å². The maximum atomic E-state index is 12.7. The third kappa shape index (κ3) is 9.28. The molecular formula is C38H44N6O6. The van der Waals surface area contributed by atoms with Gasteiger partial charge in [0.25, 0.3) is 0 Å². The van der Waals surface area contributed by atoms with E-state index in [0.717, 1.165) is 63.6 Å². The molecule has 12 heteroatoms. The molecule has 0 unspecified atom stereocenters. The van der Waals surface area contributed by atoms with E-state index in [1.165, 1.54) is 19.8 Å². The number of fused-ring (bicyclic) bond motifs is 2. The lowest BCUT2D eigenvalue weighted by Gasteiger charge is -2.33. The number of hydrogen-bond acceptors (Lipinski definition) is 9. The second-order valence-corrected chi connectivity index (χ2v) is 13.1. The number of benzene rings is 2. The second kappa shape index (κ2) is 15.7. The van der Waals surface area contributed by atoms with Crippen LogP contribution in [0.4, 0.5) is 16.2 Å². The summed E-state index contributed by atoms with van der Waals surface area (Å²) >= 11 is 0. The second-order valence-electron chi connectivity index (χ2n) is 13.1. The molecular weight excluding hydrogens is 636 g/mol. The first-order valence-electron chi connectivity index (χ1n) is 16.4. The lowest BCUT2D eigenvalue weighted by atomic mass is 9.92. The van der Waals surface area contributed by atoms with Crippen LogP contribution >= 0.6 is 0 Å². The molecule has 0 fully saturated rings. The number of rotatable bonds is 6. The van der Waals surface area contributed by atoms with E-state index < -0.39 is 5.60 Å². The first-order valence-corrected chi connectivity index (χ1v) is 16.4. The van der Waals surface area contributed by atoms with Gasteiger partial charge in [0, 0.05) is 43.1 Å². The van der Waals surface area contributed by atoms with Crippen molar-refractivity contribution in [3.05, 3.63) is 95.1 Å². The van der Waals surface area contributed by atoms with E-state index in [4.69, 9.17) is 14.2 Å². The van der Waals surface area contributed by atoms with Gasteiger partial charge in [-0.25, -0.2) is 14.8 Å². The minimum atomic E-state index is -0.577. The summed E-state index contributed by atoms with van der Waals surface area (Å²) in [6.07, 6.45) is 13.0. The minimum Gasteiger partial charge on any atom is -0.469 e. The number of H-pyrrole nitrogens is 1. The van der Waals surface area contributed by atoms with Crippen LogP contribution in [0.25, 0.3) is 23.3 Å². The summed E-state index contributed by atoms with van der Waals surface area (Å²) in [6.45, 7) is 6.96. The summed E-state index contributed by atoms with van der Waals surface area (Å²) in [4.78, 5) is 49.0. The number of ether oxygens (including phenoxy) is 3. The van der Waals surface area contributed by atoms with Crippen molar-refractivity contribution in [3.8, 4) is 0 Å². The molecule has 4 heterocycles. The Morgan fingerprint density at radius 3 is 2.22 bits per heavy atom. The maximum Gasteiger partial charge on any atom is 0.414 e. The Kier molecular flexibility index (Phi) is 11.2. The van der Waals surface area contributed by atoms with E-state index in [1.54, 1.807) is 23.8 Å². The van der Waals surface area contributed by atoms with Crippen LogP contribution in [0.1, 0.15) is 67.3 Å². The van der Waals surface area contributed by atoms with Gasteiger partial charge in [0.05, 0.1) is 63.0 Å². The molecule has 6 rings (SSSR count). The van der Waals surface area contributed by atoms with Gasteiger partial charge in [-0.05, 0) is 92.3 Å². The van der Waals surface area contributed by atoms with Crippen molar-refractivity contribution in [2.24, 2.45) is 7.05 Å². The maximum absolute atomic E-state index is 12.7. The van der Waals surface area contributed by atoms with Gasteiger partial charge in [0.2, 0.25) is 0 Å². The van der Waals surface area contributed by atoms with Gasteiger partial charge in [0.1, 0.15) is 5.60 Å². The van der Waals surface area contributed by atoms with Crippen LogP contribution in [0.3, 0.4) is 0 Å². The van der Waals surface area contributed by atoms with E-state index in [1.807, 2.05) is 75.0 Å². The van der Waals surface area contributed by atoms with Gasteiger partial charge < -0.3 is 29.1 Å². The Morgan fingerprint density at radius 1 is 0.920 bits per heavy atom. The number of amides is 1. The van der Waals surface area contributed by atoms with Gasteiger partial charge >= 0.3 is 18.0 Å². The Hall–Kier alpha value is -5.65. The Morgan fingerprint density at radius 2 is 1.60 bits per heavy atom. The highest BCUT2D eigenvalue weighted by Crippen LogP contribution is 2.37. The van der Waals surface area contributed by atoms with Crippen molar-refractivity contribution in [1.82, 2.24) is 19.5 Å². The molecule has 2 N–H and O–H groups in total. The van der Waals surface area contributed by atoms with Gasteiger partial charge in [0.15, 0.2) is 0 Å². The van der Waals surface area contributed by atoms with Crippen molar-refractivity contribution in [1.29, 1.82) is 0 Å². The predicted molar refractivity (Wildman–Crippen MR) is 193 cm³/mol. The van der Waals surface area contributed by atoms with E-state index in [2.05, 4.69) is 32.4 Å². The quantitative estimate of drug-likeness (QED) is 0.177. The zero-order valence-electron chi connectivity index (χ0n) is 29.4. The van der Waals surface area contributed by atoms with E-state index in [9.17, 15) is 14.4 Å². The first kappa shape index (κ1) is 35.7. The van der Waals surface area contributed by atoms with Crippen molar-refractivity contribution in [3.63, 3.8) is 0 Å². The standard InChI is InChI=1S/C22H27N3O4.C16H17N3O2/c1-22(2,3)29-21(27)25-9-8-16(12-17-13-24(4)14-23-17)18-10-15(6-7-19(18)25)11-20(26)28-5;1-21-16(20)7-11-2-3-15-14(6-11)12(4-5-18-15)8-13-9-17-10-19-13/h6-7,10,12-14H,8-9,11H2,1-5H3;2-3,6,8-10,18H,4-5,7H2,1H3,(H,17,19)/b16-12+;12-8+. The molecule has 2 aromatic heterocycles. The predicted octanol–water partition coefficient (Wildman–Crippen LogP) is 6.30. The van der Waals surface area contributed by atoms with Crippen molar-refractivity contribution >= 4 is 52.7 Å². The number of anilines is 2. The molecule has 0 spiro atoms. The van der Waals surface area contributed by atoms with Crippen LogP contribution in [0.2, 0.25) is 0 Å². The Bertz CT molecular complexity index is 1900. The average Bonchev–Trinajstić information content (AvgIpc) is 3.76. The van der Waals surface area contributed by atoms with E-state index >= 15 is 0 Å². The van der Waals surface area contributed by atoms with Gasteiger partial charge in [-0.2, -0.15) is 0 Å². The van der Waals surface area contributed by atoms with Gasteiger partial charge in [-0.3, -0.25) is 14.5 Å². The molecule has 0 saturated carbocycles. The Labute approximate surface area is 292 Å². The summed E-state index contributed by atoms with van der Waals surface area (Å²) in [5.41, 5.74) is 9.23. The Balaban J connectivity index is 0.000000204. The number of hydrogen-bond donors (Lipinski definition) is 2. The number of carbonyl (C=O) groups is 3. The number of carbonyl (C=O) groups excluding carboxylic acids is 3. The number of aromatic nitrogens is 4. The van der Waals surface area contributed by atoms with Crippen LogP contribution in [-0.4, -0.2) is 70.5 Å². The highest BCUT2D eigenvalue weighted by atomic mass is 16.6. The zero-order chi connectivity index (χ0) is 35.8.